The number of carbonyl (C=O) groups is 3. The summed E-state index contributed by atoms with van der Waals surface area (Å²) in [6.07, 6.45) is -0.726. The number of nitrogens with zero attached hydrogens (tertiary/aromatic N) is 1. The van der Waals surface area contributed by atoms with Gasteiger partial charge in [-0.2, -0.15) is 0 Å². The zero-order valence-electron chi connectivity index (χ0n) is 24.6. The third kappa shape index (κ3) is 8.63. The van der Waals surface area contributed by atoms with Gasteiger partial charge in [0.25, 0.3) is 5.91 Å². The molecule has 224 valence electrons. The normalized spacial score (nSPS) is 12.8. The van der Waals surface area contributed by atoms with E-state index in [0.717, 1.165) is 5.56 Å². The minimum atomic E-state index is -1.16. The van der Waals surface area contributed by atoms with Crippen molar-refractivity contribution in [2.24, 2.45) is 0 Å². The average Bonchev–Trinajstić information content (AvgIpc) is 2.89. The van der Waals surface area contributed by atoms with E-state index in [9.17, 15) is 24.6 Å². The second kappa shape index (κ2) is 13.6. The molecule has 0 radical (unpaired) electrons. The third-order valence-electron chi connectivity index (χ3n) is 6.38. The number of alkyl carbamates (subject to hydrolysis) is 1. The largest absolute Gasteiger partial charge is 0.508 e. The number of hydrogen-bond acceptors (Lipinski definition) is 6. The first kappa shape index (κ1) is 32.3. The number of aromatic hydroxyl groups is 2. The fourth-order valence-electron chi connectivity index (χ4n) is 4.45. The molecule has 3 rings (SSSR count). The molecule has 3 aromatic carbocycles. The number of nitrogens with one attached hydrogen (secondary N) is 2. The van der Waals surface area contributed by atoms with Crippen molar-refractivity contribution in [1.29, 1.82) is 0 Å². The summed E-state index contributed by atoms with van der Waals surface area (Å²) in [5, 5.41) is 25.6. The highest BCUT2D eigenvalue weighted by atomic mass is 35.5. The monoisotopic (exact) mass is 595 g/mol. The molecule has 0 aliphatic heterocycles. The predicted octanol–water partition coefficient (Wildman–Crippen LogP) is 6.11. The molecule has 0 fully saturated rings. The molecular weight excluding hydrogens is 558 g/mol. The van der Waals surface area contributed by atoms with Crippen molar-refractivity contribution in [1.82, 2.24) is 10.2 Å². The van der Waals surface area contributed by atoms with Crippen LogP contribution in [0.25, 0.3) is 0 Å². The maximum absolute atomic E-state index is 14.4. The number of ether oxygens (including phenoxy) is 1. The topological polar surface area (TPSA) is 128 Å². The van der Waals surface area contributed by atoms with Crippen LogP contribution >= 0.6 is 11.6 Å². The number of anilines is 1. The summed E-state index contributed by atoms with van der Waals surface area (Å²) in [7, 11) is 0. The van der Waals surface area contributed by atoms with E-state index in [0.29, 0.717) is 21.8 Å². The first-order chi connectivity index (χ1) is 19.7. The first-order valence-corrected chi connectivity index (χ1v) is 14.0. The molecular formula is C32H38ClN3O6. The Morgan fingerprint density at radius 1 is 0.929 bits per heavy atom. The fourth-order valence-corrected chi connectivity index (χ4v) is 4.72. The lowest BCUT2D eigenvalue weighted by molar-refractivity contribution is -0.142. The van der Waals surface area contributed by atoms with E-state index >= 15 is 0 Å². The molecule has 0 aliphatic rings. The van der Waals surface area contributed by atoms with Crippen LogP contribution in [0, 0.1) is 6.92 Å². The van der Waals surface area contributed by atoms with E-state index in [2.05, 4.69) is 10.6 Å². The summed E-state index contributed by atoms with van der Waals surface area (Å²) < 4.78 is 5.44. The van der Waals surface area contributed by atoms with Crippen LogP contribution < -0.4 is 10.6 Å². The van der Waals surface area contributed by atoms with Gasteiger partial charge in [0.1, 0.15) is 29.2 Å². The molecule has 2 unspecified atom stereocenters. The molecule has 9 nitrogen and oxygen atoms in total. The van der Waals surface area contributed by atoms with Crippen LogP contribution in [0.2, 0.25) is 5.02 Å². The number of benzene rings is 3. The van der Waals surface area contributed by atoms with E-state index < -0.39 is 41.6 Å². The number of phenolic OH excluding ortho intramolecular Hbond substituents is 2. The summed E-state index contributed by atoms with van der Waals surface area (Å²) >= 11 is 6.40. The number of rotatable bonds is 9. The van der Waals surface area contributed by atoms with Crippen molar-refractivity contribution in [2.75, 3.05) is 5.32 Å². The van der Waals surface area contributed by atoms with Crippen LogP contribution in [0.15, 0.2) is 66.7 Å². The molecule has 0 heterocycles. The summed E-state index contributed by atoms with van der Waals surface area (Å²) in [6.45, 7) is 10.5. The molecule has 0 aliphatic carbocycles. The van der Waals surface area contributed by atoms with E-state index in [1.807, 2.05) is 0 Å². The number of para-hydroxylation sites is 1. The molecule has 0 spiro atoms. The van der Waals surface area contributed by atoms with E-state index in [1.165, 1.54) is 29.2 Å². The first-order valence-electron chi connectivity index (χ1n) is 13.6. The molecule has 42 heavy (non-hydrogen) atoms. The predicted molar refractivity (Wildman–Crippen MR) is 163 cm³/mol. The molecule has 3 aromatic rings. The second-order valence-electron chi connectivity index (χ2n) is 11.3. The maximum Gasteiger partial charge on any atom is 0.408 e. The number of carbonyl (C=O) groups excluding carboxylic acids is 3. The lowest BCUT2D eigenvalue weighted by Gasteiger charge is -2.37. The van der Waals surface area contributed by atoms with Gasteiger partial charge in [-0.25, -0.2) is 4.79 Å². The zero-order valence-corrected chi connectivity index (χ0v) is 25.4. The zero-order chi connectivity index (χ0) is 31.2. The Balaban J connectivity index is 2.07. The Bertz CT molecular complexity index is 1380. The van der Waals surface area contributed by atoms with Crippen molar-refractivity contribution in [3.8, 4) is 11.5 Å². The molecule has 2 atom stereocenters. The van der Waals surface area contributed by atoms with Gasteiger partial charge in [-0.1, -0.05) is 48.0 Å². The SMILES string of the molecule is Cc1cccc(Cl)c1NC(=O)C(c1ccc(O)cc1)N(C(=O)C(Cc1ccc(O)cc1)NC(=O)OC(C)(C)C)C(C)C. The maximum atomic E-state index is 14.4. The summed E-state index contributed by atoms with van der Waals surface area (Å²) in [6, 6.07) is 14.7. The Morgan fingerprint density at radius 3 is 2.02 bits per heavy atom. The highest BCUT2D eigenvalue weighted by molar-refractivity contribution is 6.34. The number of amides is 3. The van der Waals surface area contributed by atoms with Gasteiger partial charge in [0.05, 0.1) is 10.7 Å². The van der Waals surface area contributed by atoms with E-state index in [4.69, 9.17) is 16.3 Å². The van der Waals surface area contributed by atoms with Gasteiger partial charge in [0, 0.05) is 12.5 Å². The molecule has 10 heteroatoms. The highest BCUT2D eigenvalue weighted by Gasteiger charge is 2.38. The highest BCUT2D eigenvalue weighted by Crippen LogP contribution is 2.31. The molecule has 0 saturated heterocycles. The average molecular weight is 596 g/mol. The quantitative estimate of drug-likeness (QED) is 0.236. The lowest BCUT2D eigenvalue weighted by Crippen LogP contribution is -2.55. The van der Waals surface area contributed by atoms with Crippen molar-refractivity contribution in [3.05, 3.63) is 88.4 Å². The Morgan fingerprint density at radius 2 is 1.50 bits per heavy atom. The fraction of sp³-hybridized carbons (Fsp3) is 0.344. The summed E-state index contributed by atoms with van der Waals surface area (Å²) in [4.78, 5) is 42.7. The van der Waals surface area contributed by atoms with Crippen molar-refractivity contribution >= 4 is 35.2 Å². The van der Waals surface area contributed by atoms with Crippen molar-refractivity contribution in [3.63, 3.8) is 0 Å². The van der Waals surface area contributed by atoms with Gasteiger partial charge < -0.3 is 30.5 Å². The van der Waals surface area contributed by atoms with Gasteiger partial charge in [0.2, 0.25) is 5.91 Å². The standard InChI is InChI=1S/C32H38ClN3O6/c1-19(2)36(30(40)26(34-31(41)42-32(4,5)6)18-21-10-14-23(37)15-11-21)28(22-12-16-24(38)17-13-22)29(39)35-27-20(3)8-7-9-25(27)33/h7-17,19,26,28,37-38H,18H2,1-6H3,(H,34,41)(H,35,39). The molecule has 0 aromatic heterocycles. The van der Waals surface area contributed by atoms with Gasteiger partial charge in [-0.15, -0.1) is 0 Å². The van der Waals surface area contributed by atoms with Crippen LogP contribution in [0.1, 0.15) is 57.4 Å². The van der Waals surface area contributed by atoms with Crippen molar-refractivity contribution in [2.45, 2.75) is 71.7 Å². The summed E-state index contributed by atoms with van der Waals surface area (Å²) in [5.41, 5.74) is 1.45. The van der Waals surface area contributed by atoms with Crippen LogP contribution in [0.3, 0.4) is 0 Å². The van der Waals surface area contributed by atoms with Gasteiger partial charge >= 0.3 is 6.09 Å². The summed E-state index contributed by atoms with van der Waals surface area (Å²) in [5.74, 6) is -1.00. The minimum absolute atomic E-state index is 0.000853. The number of halogens is 1. The Labute approximate surface area is 251 Å². The third-order valence-corrected chi connectivity index (χ3v) is 6.70. The Hall–Kier alpha value is -4.24. The van der Waals surface area contributed by atoms with E-state index in [-0.39, 0.29) is 17.9 Å². The number of aryl methyl sites for hydroxylation is 1. The molecule has 3 amide bonds. The molecule has 0 saturated carbocycles. The van der Waals surface area contributed by atoms with Gasteiger partial charge in [0.15, 0.2) is 0 Å². The number of phenols is 2. The lowest BCUT2D eigenvalue weighted by atomic mass is 9.98. The minimum Gasteiger partial charge on any atom is -0.508 e. The Kier molecular flexibility index (Phi) is 10.5. The van der Waals surface area contributed by atoms with Crippen LogP contribution in [0.5, 0.6) is 11.5 Å². The van der Waals surface area contributed by atoms with Crippen LogP contribution in [-0.4, -0.2) is 50.7 Å². The second-order valence-corrected chi connectivity index (χ2v) is 11.7. The molecule has 0 bridgehead atoms. The molecule has 4 N–H and O–H groups in total. The van der Waals surface area contributed by atoms with Gasteiger partial charge in [-0.05, 0) is 88.6 Å². The smallest absolute Gasteiger partial charge is 0.408 e. The number of hydrogen-bond donors (Lipinski definition) is 4. The van der Waals surface area contributed by atoms with Crippen LogP contribution in [0.4, 0.5) is 10.5 Å². The van der Waals surface area contributed by atoms with Gasteiger partial charge in [-0.3, -0.25) is 9.59 Å². The van der Waals surface area contributed by atoms with E-state index in [1.54, 1.807) is 84.0 Å². The van der Waals surface area contributed by atoms with Crippen molar-refractivity contribution < 1.29 is 29.3 Å². The van der Waals surface area contributed by atoms with Crippen LogP contribution in [-0.2, 0) is 20.7 Å².